The highest BCUT2D eigenvalue weighted by Crippen LogP contribution is 2.58. The zero-order chi connectivity index (χ0) is 19.9. The van der Waals surface area contributed by atoms with Crippen molar-refractivity contribution in [2.75, 3.05) is 20.8 Å². The van der Waals surface area contributed by atoms with Gasteiger partial charge in [-0.25, -0.2) is 0 Å². The van der Waals surface area contributed by atoms with Crippen LogP contribution in [0.5, 0.6) is 5.75 Å². The number of hydrogen-bond donors (Lipinski definition) is 0. The Bertz CT molecular complexity index is 972. The van der Waals surface area contributed by atoms with Crippen LogP contribution in [-0.2, 0) is 19.1 Å². The fourth-order valence-corrected chi connectivity index (χ4v) is 4.54. The Morgan fingerprint density at radius 2 is 1.75 bits per heavy atom. The molecule has 5 nitrogen and oxygen atoms in total. The zero-order valence-electron chi connectivity index (χ0n) is 16.2. The molecular weight excluding hydrogens is 356 g/mol. The number of ether oxygens (including phenoxy) is 3. The van der Waals surface area contributed by atoms with E-state index in [2.05, 4.69) is 0 Å². The first kappa shape index (κ1) is 18.3. The van der Waals surface area contributed by atoms with E-state index in [4.69, 9.17) is 14.2 Å². The lowest BCUT2D eigenvalue weighted by Gasteiger charge is -2.27. The predicted octanol–water partition coefficient (Wildman–Crippen LogP) is 3.66. The highest BCUT2D eigenvalue weighted by Gasteiger charge is 2.60. The van der Waals surface area contributed by atoms with E-state index in [1.54, 1.807) is 0 Å². The maximum Gasteiger partial charge on any atom is 0.327 e. The van der Waals surface area contributed by atoms with Crippen LogP contribution in [0.2, 0.25) is 0 Å². The van der Waals surface area contributed by atoms with Crippen LogP contribution in [0, 0.1) is 12.3 Å². The summed E-state index contributed by atoms with van der Waals surface area (Å²) in [6, 6.07) is 15.5. The maximum atomic E-state index is 13.1. The number of fused-ring (bicyclic) bond motifs is 3. The van der Waals surface area contributed by atoms with E-state index in [1.807, 2.05) is 55.5 Å². The van der Waals surface area contributed by atoms with E-state index in [1.165, 1.54) is 14.2 Å². The molecule has 0 bridgehead atoms. The summed E-state index contributed by atoms with van der Waals surface area (Å²) in [5, 5.41) is 0. The lowest BCUT2D eigenvalue weighted by atomic mass is 9.76. The molecule has 0 saturated carbocycles. The third-order valence-electron chi connectivity index (χ3n) is 5.73. The van der Waals surface area contributed by atoms with Crippen molar-refractivity contribution in [3.63, 3.8) is 0 Å². The van der Waals surface area contributed by atoms with Gasteiger partial charge in [-0.15, -0.1) is 0 Å². The summed E-state index contributed by atoms with van der Waals surface area (Å²) in [6.45, 7) is 2.30. The van der Waals surface area contributed by atoms with Gasteiger partial charge >= 0.3 is 11.9 Å². The van der Waals surface area contributed by atoms with Gasteiger partial charge in [0.05, 0.1) is 14.2 Å². The number of hydrogen-bond acceptors (Lipinski definition) is 5. The minimum atomic E-state index is -1.52. The summed E-state index contributed by atoms with van der Waals surface area (Å²) in [4.78, 5) is 26.1. The van der Waals surface area contributed by atoms with E-state index in [0.717, 1.165) is 28.0 Å². The molecule has 0 saturated heterocycles. The van der Waals surface area contributed by atoms with Crippen LogP contribution in [-0.4, -0.2) is 32.8 Å². The SMILES string of the molecule is COC(=O)C1(C(=O)OC)CC2C(=C1c1cccc(C)c1)COc1ccccc12. The second-order valence-electron chi connectivity index (χ2n) is 7.24. The molecule has 144 valence electrons. The molecule has 4 rings (SSSR count). The second kappa shape index (κ2) is 6.82. The third kappa shape index (κ3) is 2.53. The summed E-state index contributed by atoms with van der Waals surface area (Å²) in [6.07, 6.45) is 0.269. The molecular formula is C23H22O5. The number of carbonyl (C=O) groups excluding carboxylic acids is 2. The van der Waals surface area contributed by atoms with Crippen LogP contribution in [0.1, 0.15) is 29.0 Å². The van der Waals surface area contributed by atoms with E-state index in [0.29, 0.717) is 12.2 Å². The Balaban J connectivity index is 2.01. The molecule has 5 heteroatoms. The number of rotatable bonds is 3. The van der Waals surface area contributed by atoms with Gasteiger partial charge in [-0.05, 0) is 36.1 Å². The van der Waals surface area contributed by atoms with E-state index >= 15 is 0 Å². The van der Waals surface area contributed by atoms with Gasteiger partial charge in [0.25, 0.3) is 0 Å². The average molecular weight is 378 g/mol. The van der Waals surface area contributed by atoms with E-state index in [-0.39, 0.29) is 12.3 Å². The molecule has 1 heterocycles. The molecule has 1 aliphatic heterocycles. The molecule has 1 unspecified atom stereocenters. The normalized spacial score (nSPS) is 19.3. The Morgan fingerprint density at radius 3 is 2.43 bits per heavy atom. The molecule has 2 aromatic carbocycles. The number of para-hydroxylation sites is 1. The van der Waals surface area contributed by atoms with Crippen molar-refractivity contribution < 1.29 is 23.8 Å². The van der Waals surface area contributed by atoms with Crippen LogP contribution in [0.3, 0.4) is 0 Å². The highest BCUT2D eigenvalue weighted by atomic mass is 16.5. The summed E-state index contributed by atoms with van der Waals surface area (Å²) in [5.41, 5.74) is 2.89. The first-order valence-electron chi connectivity index (χ1n) is 9.22. The van der Waals surface area contributed by atoms with Crippen LogP contribution < -0.4 is 4.74 Å². The summed E-state index contributed by atoms with van der Waals surface area (Å²) in [7, 11) is 2.61. The summed E-state index contributed by atoms with van der Waals surface area (Å²) in [5.74, 6) is -0.533. The molecule has 0 radical (unpaired) electrons. The molecule has 2 aromatic rings. The van der Waals surface area contributed by atoms with Crippen molar-refractivity contribution in [1.29, 1.82) is 0 Å². The minimum Gasteiger partial charge on any atom is -0.489 e. The first-order valence-corrected chi connectivity index (χ1v) is 9.22. The van der Waals surface area contributed by atoms with Crippen LogP contribution in [0.4, 0.5) is 0 Å². The van der Waals surface area contributed by atoms with Gasteiger partial charge in [0.15, 0.2) is 5.41 Å². The van der Waals surface area contributed by atoms with Gasteiger partial charge in [-0.3, -0.25) is 9.59 Å². The molecule has 0 aromatic heterocycles. The van der Waals surface area contributed by atoms with Crippen molar-refractivity contribution in [3.05, 3.63) is 70.8 Å². The van der Waals surface area contributed by atoms with Crippen molar-refractivity contribution in [2.24, 2.45) is 5.41 Å². The zero-order valence-corrected chi connectivity index (χ0v) is 16.2. The lowest BCUT2D eigenvalue weighted by Crippen LogP contribution is -2.41. The monoisotopic (exact) mass is 378 g/mol. The van der Waals surface area contributed by atoms with Crippen molar-refractivity contribution >= 4 is 17.5 Å². The number of benzene rings is 2. The van der Waals surface area contributed by atoms with Crippen molar-refractivity contribution in [3.8, 4) is 5.75 Å². The van der Waals surface area contributed by atoms with Crippen molar-refractivity contribution in [1.82, 2.24) is 0 Å². The standard InChI is InChI=1S/C23H22O5/c1-14-7-6-8-15(11-14)20-18-13-28-19-10-5-4-9-16(19)17(18)12-23(20,21(24)26-2)22(25)27-3/h4-11,17H,12-13H2,1-3H3. The summed E-state index contributed by atoms with van der Waals surface area (Å²) >= 11 is 0. The minimum absolute atomic E-state index is 0.112. The Kier molecular flexibility index (Phi) is 4.46. The number of carbonyl (C=O) groups is 2. The third-order valence-corrected chi connectivity index (χ3v) is 5.73. The molecule has 0 N–H and O–H groups in total. The molecule has 28 heavy (non-hydrogen) atoms. The van der Waals surface area contributed by atoms with Crippen LogP contribution in [0.25, 0.3) is 5.57 Å². The topological polar surface area (TPSA) is 61.8 Å². The second-order valence-corrected chi connectivity index (χ2v) is 7.24. The Hall–Kier alpha value is -3.08. The van der Waals surface area contributed by atoms with Gasteiger partial charge < -0.3 is 14.2 Å². The van der Waals surface area contributed by atoms with Gasteiger partial charge in [0.2, 0.25) is 0 Å². The van der Waals surface area contributed by atoms with Gasteiger partial charge in [-0.1, -0.05) is 48.0 Å². The molecule has 2 aliphatic rings. The quantitative estimate of drug-likeness (QED) is 0.603. The van der Waals surface area contributed by atoms with E-state index < -0.39 is 17.4 Å². The predicted molar refractivity (Wildman–Crippen MR) is 104 cm³/mol. The Morgan fingerprint density at radius 1 is 1.04 bits per heavy atom. The van der Waals surface area contributed by atoms with Crippen LogP contribution in [0.15, 0.2) is 54.1 Å². The van der Waals surface area contributed by atoms with E-state index in [9.17, 15) is 9.59 Å². The highest BCUT2D eigenvalue weighted by molar-refractivity contribution is 6.14. The fraction of sp³-hybridized carbons (Fsp3) is 0.304. The molecule has 1 atom stereocenters. The molecule has 0 spiro atoms. The van der Waals surface area contributed by atoms with Crippen molar-refractivity contribution in [2.45, 2.75) is 19.3 Å². The smallest absolute Gasteiger partial charge is 0.327 e. The lowest BCUT2D eigenvalue weighted by molar-refractivity contribution is -0.164. The molecule has 0 amide bonds. The first-order chi connectivity index (χ1) is 13.5. The molecule has 0 fully saturated rings. The number of methoxy groups -OCH3 is 2. The number of esters is 2. The summed E-state index contributed by atoms with van der Waals surface area (Å²) < 4.78 is 16.2. The Labute approximate surface area is 163 Å². The average Bonchev–Trinajstić information content (AvgIpc) is 3.09. The van der Waals surface area contributed by atoms with Gasteiger partial charge in [0.1, 0.15) is 12.4 Å². The fourth-order valence-electron chi connectivity index (χ4n) is 4.54. The number of aryl methyl sites for hydroxylation is 1. The molecule has 1 aliphatic carbocycles. The maximum absolute atomic E-state index is 13.1. The largest absolute Gasteiger partial charge is 0.489 e. The van der Waals surface area contributed by atoms with Gasteiger partial charge in [0, 0.05) is 11.5 Å². The van der Waals surface area contributed by atoms with Gasteiger partial charge in [-0.2, -0.15) is 0 Å². The van der Waals surface area contributed by atoms with Crippen LogP contribution >= 0.6 is 0 Å².